The number of urea groups is 1. The Kier molecular flexibility index (Phi) is 7.27. The molecule has 32 heavy (non-hydrogen) atoms. The highest BCUT2D eigenvalue weighted by Crippen LogP contribution is 2.28. The fraction of sp³-hybridized carbons (Fsp3) is 0.440. The molecule has 2 saturated heterocycles. The van der Waals surface area contributed by atoms with Crippen LogP contribution in [0.1, 0.15) is 30.4 Å². The van der Waals surface area contributed by atoms with Crippen LogP contribution in [-0.2, 0) is 11.2 Å². The van der Waals surface area contributed by atoms with E-state index in [1.807, 2.05) is 28.0 Å². The van der Waals surface area contributed by atoms with Crippen molar-refractivity contribution in [3.63, 3.8) is 0 Å². The van der Waals surface area contributed by atoms with Gasteiger partial charge in [0.1, 0.15) is 5.75 Å². The van der Waals surface area contributed by atoms with E-state index >= 15 is 0 Å². The quantitative estimate of drug-likeness (QED) is 0.793. The Morgan fingerprint density at radius 3 is 2.41 bits per heavy atom. The van der Waals surface area contributed by atoms with Crippen molar-refractivity contribution in [2.75, 3.05) is 39.4 Å². The number of nitrogens with zero attached hydrogens (tertiary/aromatic N) is 2. The predicted molar refractivity (Wildman–Crippen MR) is 122 cm³/mol. The number of benzene rings is 2. The Balaban J connectivity index is 1.47. The summed E-state index contributed by atoms with van der Waals surface area (Å²) in [6.45, 7) is 5.55. The van der Waals surface area contributed by atoms with Gasteiger partial charge >= 0.3 is 12.1 Å². The van der Waals surface area contributed by atoms with Crippen LogP contribution in [0.2, 0.25) is 0 Å². The molecule has 2 unspecified atom stereocenters. The lowest BCUT2D eigenvalue weighted by molar-refractivity contribution is 0.0392. The predicted octanol–water partition coefficient (Wildman–Crippen LogP) is 3.65. The third-order valence-electron chi connectivity index (χ3n) is 6.14. The zero-order chi connectivity index (χ0) is 22.3. The van der Waals surface area contributed by atoms with E-state index < -0.39 is 6.09 Å². The van der Waals surface area contributed by atoms with Crippen molar-refractivity contribution in [1.82, 2.24) is 15.1 Å². The standard InChI is InChI=1S/C25H31N3O4/c1-2-19-8-10-20(11-9-19)21-16-22(26-24(29)32-23-6-4-3-5-7-23)18-28(17-21)25(30)27-12-14-31-15-13-27/h3-11,21-22H,2,12-18H2,1H3,(H,26,29). The second kappa shape index (κ2) is 10.5. The first-order chi connectivity index (χ1) is 15.6. The molecule has 0 saturated carbocycles. The first-order valence-corrected chi connectivity index (χ1v) is 11.4. The van der Waals surface area contributed by atoms with E-state index in [4.69, 9.17) is 9.47 Å². The van der Waals surface area contributed by atoms with Gasteiger partial charge in [-0.15, -0.1) is 0 Å². The monoisotopic (exact) mass is 437 g/mol. The molecule has 0 spiro atoms. The lowest BCUT2D eigenvalue weighted by atomic mass is 9.87. The summed E-state index contributed by atoms with van der Waals surface area (Å²) in [7, 11) is 0. The number of amides is 3. The smallest absolute Gasteiger partial charge is 0.410 e. The summed E-state index contributed by atoms with van der Waals surface area (Å²) in [5.41, 5.74) is 2.47. The SMILES string of the molecule is CCc1ccc(C2CC(NC(=O)Oc3ccccc3)CN(C(=O)N3CCOCC3)C2)cc1. The van der Waals surface area contributed by atoms with E-state index in [9.17, 15) is 9.59 Å². The second-order valence-electron chi connectivity index (χ2n) is 8.36. The van der Waals surface area contributed by atoms with Crippen molar-refractivity contribution in [3.05, 3.63) is 65.7 Å². The molecule has 0 bridgehead atoms. The van der Waals surface area contributed by atoms with Crippen LogP contribution in [0.5, 0.6) is 5.75 Å². The Morgan fingerprint density at radius 1 is 1.00 bits per heavy atom. The van der Waals surface area contributed by atoms with Crippen molar-refractivity contribution in [3.8, 4) is 5.75 Å². The van der Waals surface area contributed by atoms with Crippen molar-refractivity contribution >= 4 is 12.1 Å². The lowest BCUT2D eigenvalue weighted by Gasteiger charge is -2.41. The van der Waals surface area contributed by atoms with Crippen LogP contribution in [0.3, 0.4) is 0 Å². The van der Waals surface area contributed by atoms with E-state index in [1.54, 1.807) is 12.1 Å². The van der Waals surface area contributed by atoms with E-state index in [0.29, 0.717) is 45.1 Å². The van der Waals surface area contributed by atoms with Gasteiger partial charge in [0, 0.05) is 32.1 Å². The number of likely N-dealkylation sites (tertiary alicyclic amines) is 1. The molecule has 2 aromatic carbocycles. The third kappa shape index (κ3) is 5.59. The topological polar surface area (TPSA) is 71.1 Å². The van der Waals surface area contributed by atoms with Gasteiger partial charge in [0.25, 0.3) is 0 Å². The number of morpholine rings is 1. The van der Waals surface area contributed by atoms with Crippen molar-refractivity contribution in [2.45, 2.75) is 31.7 Å². The summed E-state index contributed by atoms with van der Waals surface area (Å²) in [6.07, 6.45) is 1.24. The molecule has 170 valence electrons. The van der Waals surface area contributed by atoms with E-state index in [2.05, 4.69) is 36.5 Å². The third-order valence-corrected chi connectivity index (χ3v) is 6.14. The number of rotatable bonds is 4. The highest BCUT2D eigenvalue weighted by molar-refractivity contribution is 5.75. The van der Waals surface area contributed by atoms with Gasteiger partial charge in [-0.1, -0.05) is 49.4 Å². The lowest BCUT2D eigenvalue weighted by Crippen LogP contribution is -2.56. The minimum absolute atomic E-state index is 0.00593. The number of nitrogens with one attached hydrogen (secondary N) is 1. The van der Waals surface area contributed by atoms with Crippen LogP contribution < -0.4 is 10.1 Å². The van der Waals surface area contributed by atoms with Gasteiger partial charge in [-0.05, 0) is 36.1 Å². The Bertz CT molecular complexity index is 897. The van der Waals surface area contributed by atoms with E-state index in [-0.39, 0.29) is 18.0 Å². The van der Waals surface area contributed by atoms with E-state index in [0.717, 1.165) is 12.8 Å². The molecule has 1 N–H and O–H groups in total. The zero-order valence-corrected chi connectivity index (χ0v) is 18.5. The summed E-state index contributed by atoms with van der Waals surface area (Å²) >= 11 is 0. The maximum atomic E-state index is 13.2. The number of piperidine rings is 1. The average Bonchev–Trinajstić information content (AvgIpc) is 2.84. The summed E-state index contributed by atoms with van der Waals surface area (Å²) in [5, 5.41) is 2.98. The highest BCUT2D eigenvalue weighted by Gasteiger charge is 2.34. The second-order valence-corrected chi connectivity index (χ2v) is 8.36. The van der Waals surface area contributed by atoms with Crippen molar-refractivity contribution < 1.29 is 19.1 Å². The molecule has 2 aromatic rings. The van der Waals surface area contributed by atoms with Crippen LogP contribution in [0.15, 0.2) is 54.6 Å². The number of para-hydroxylation sites is 1. The molecule has 3 amide bonds. The molecule has 4 rings (SSSR count). The largest absolute Gasteiger partial charge is 0.412 e. The number of carbonyl (C=O) groups excluding carboxylic acids is 2. The Hall–Kier alpha value is -3.06. The first kappa shape index (κ1) is 22.1. The number of ether oxygens (including phenoxy) is 2. The van der Waals surface area contributed by atoms with Crippen molar-refractivity contribution in [1.29, 1.82) is 0 Å². The zero-order valence-electron chi connectivity index (χ0n) is 18.5. The molecule has 0 aromatic heterocycles. The molecule has 0 aliphatic carbocycles. The molecule has 2 fully saturated rings. The number of carbonyl (C=O) groups is 2. The van der Waals surface area contributed by atoms with Crippen LogP contribution in [0, 0.1) is 0 Å². The molecule has 7 heteroatoms. The van der Waals surface area contributed by atoms with Crippen molar-refractivity contribution in [2.24, 2.45) is 0 Å². The number of aryl methyl sites for hydroxylation is 1. The molecule has 0 radical (unpaired) electrons. The van der Waals surface area contributed by atoms with E-state index in [1.165, 1.54) is 11.1 Å². The maximum absolute atomic E-state index is 13.2. The molecular formula is C25H31N3O4. The van der Waals surface area contributed by atoms with Gasteiger partial charge in [-0.3, -0.25) is 0 Å². The fourth-order valence-corrected chi connectivity index (χ4v) is 4.37. The van der Waals surface area contributed by atoms with Gasteiger partial charge in [0.05, 0.1) is 19.3 Å². The Morgan fingerprint density at radius 2 is 1.72 bits per heavy atom. The molecule has 2 aliphatic heterocycles. The van der Waals surface area contributed by atoms with Crippen LogP contribution in [0.4, 0.5) is 9.59 Å². The van der Waals surface area contributed by atoms with Crippen LogP contribution in [0.25, 0.3) is 0 Å². The molecule has 2 aliphatic rings. The highest BCUT2D eigenvalue weighted by atomic mass is 16.6. The Labute approximate surface area is 189 Å². The fourth-order valence-electron chi connectivity index (χ4n) is 4.37. The molecule has 2 atom stereocenters. The average molecular weight is 438 g/mol. The number of hydrogen-bond donors (Lipinski definition) is 1. The normalized spacial score (nSPS) is 21.2. The van der Waals surface area contributed by atoms with Gasteiger partial charge in [0.15, 0.2) is 0 Å². The van der Waals surface area contributed by atoms with Crippen LogP contribution in [-0.4, -0.2) is 67.4 Å². The molecule has 7 nitrogen and oxygen atoms in total. The van der Waals surface area contributed by atoms with Crippen LogP contribution >= 0.6 is 0 Å². The van der Waals surface area contributed by atoms with Gasteiger partial charge < -0.3 is 24.6 Å². The first-order valence-electron chi connectivity index (χ1n) is 11.4. The minimum Gasteiger partial charge on any atom is -0.410 e. The minimum atomic E-state index is -0.498. The molecule has 2 heterocycles. The summed E-state index contributed by atoms with van der Waals surface area (Å²) in [6, 6.07) is 17.4. The van der Waals surface area contributed by atoms with Gasteiger partial charge in [-0.25, -0.2) is 9.59 Å². The molecular weight excluding hydrogens is 406 g/mol. The van der Waals surface area contributed by atoms with Gasteiger partial charge in [-0.2, -0.15) is 0 Å². The summed E-state index contributed by atoms with van der Waals surface area (Å²) < 4.78 is 10.8. The summed E-state index contributed by atoms with van der Waals surface area (Å²) in [4.78, 5) is 29.4. The van der Waals surface area contributed by atoms with Gasteiger partial charge in [0.2, 0.25) is 0 Å². The maximum Gasteiger partial charge on any atom is 0.412 e. The number of hydrogen-bond acceptors (Lipinski definition) is 4. The summed E-state index contributed by atoms with van der Waals surface area (Å²) in [5.74, 6) is 0.635.